The van der Waals surface area contributed by atoms with Gasteiger partial charge in [0.2, 0.25) is 5.89 Å². The Bertz CT molecular complexity index is 1170. The standard InChI is InChI=1S/C27H24N2O4/c1-20(32-26(30)17-16-25-28-23-14-8-9-15-24(23)33-25)27(31)29(18-21-10-4-2-5-11-21)19-22-12-6-3-7-13-22/h2-17,20H,18-19H2,1H3/b17-16+. The fourth-order valence-corrected chi connectivity index (χ4v) is 3.44. The van der Waals surface area contributed by atoms with Crippen LogP contribution in [-0.2, 0) is 27.4 Å². The number of para-hydroxylation sites is 2. The van der Waals surface area contributed by atoms with Gasteiger partial charge >= 0.3 is 5.97 Å². The Kier molecular flexibility index (Phi) is 6.95. The second-order valence-electron chi connectivity index (χ2n) is 7.60. The number of aromatic nitrogens is 1. The van der Waals surface area contributed by atoms with Crippen LogP contribution in [0.4, 0.5) is 0 Å². The van der Waals surface area contributed by atoms with Gasteiger partial charge in [-0.1, -0.05) is 72.8 Å². The van der Waals surface area contributed by atoms with E-state index in [2.05, 4.69) is 4.98 Å². The minimum atomic E-state index is -0.946. The minimum absolute atomic E-state index is 0.272. The molecule has 166 valence electrons. The molecule has 1 unspecified atom stereocenters. The number of oxazole rings is 1. The van der Waals surface area contributed by atoms with Gasteiger partial charge in [0.1, 0.15) is 5.52 Å². The Morgan fingerprint density at radius 3 is 2.09 bits per heavy atom. The molecule has 6 nitrogen and oxygen atoms in total. The van der Waals surface area contributed by atoms with Crippen LogP contribution in [0.5, 0.6) is 0 Å². The van der Waals surface area contributed by atoms with E-state index in [0.717, 1.165) is 11.1 Å². The highest BCUT2D eigenvalue weighted by Crippen LogP contribution is 2.16. The summed E-state index contributed by atoms with van der Waals surface area (Å²) in [7, 11) is 0. The summed E-state index contributed by atoms with van der Waals surface area (Å²) in [5.41, 5.74) is 3.32. The lowest BCUT2D eigenvalue weighted by molar-refractivity contribution is -0.156. The van der Waals surface area contributed by atoms with Crippen LogP contribution in [0.3, 0.4) is 0 Å². The maximum Gasteiger partial charge on any atom is 0.331 e. The molecule has 4 rings (SSSR count). The topological polar surface area (TPSA) is 72.6 Å². The second-order valence-corrected chi connectivity index (χ2v) is 7.60. The van der Waals surface area contributed by atoms with Gasteiger partial charge in [-0.25, -0.2) is 9.78 Å². The van der Waals surface area contributed by atoms with Gasteiger partial charge in [0.15, 0.2) is 11.7 Å². The van der Waals surface area contributed by atoms with Gasteiger partial charge in [-0.15, -0.1) is 0 Å². The van der Waals surface area contributed by atoms with Crippen molar-refractivity contribution in [2.45, 2.75) is 26.1 Å². The van der Waals surface area contributed by atoms with Gasteiger partial charge in [-0.3, -0.25) is 4.79 Å². The molecule has 0 aliphatic rings. The summed E-state index contributed by atoms with van der Waals surface area (Å²) < 4.78 is 10.9. The van der Waals surface area contributed by atoms with Crippen LogP contribution < -0.4 is 0 Å². The number of ether oxygens (including phenoxy) is 1. The molecule has 3 aromatic carbocycles. The molecule has 1 aromatic heterocycles. The van der Waals surface area contributed by atoms with Gasteiger partial charge in [0.25, 0.3) is 5.91 Å². The highest BCUT2D eigenvalue weighted by molar-refractivity contribution is 5.90. The molecule has 4 aromatic rings. The number of fused-ring (bicyclic) bond motifs is 1. The summed E-state index contributed by atoms with van der Waals surface area (Å²) in [6.45, 7) is 2.40. The van der Waals surface area contributed by atoms with Crippen molar-refractivity contribution in [2.24, 2.45) is 0 Å². The number of hydrogen-bond acceptors (Lipinski definition) is 5. The molecular weight excluding hydrogens is 416 g/mol. The van der Waals surface area contributed by atoms with Crippen molar-refractivity contribution in [2.75, 3.05) is 0 Å². The van der Waals surface area contributed by atoms with E-state index >= 15 is 0 Å². The number of rotatable bonds is 8. The molecule has 6 heteroatoms. The number of carbonyl (C=O) groups is 2. The van der Waals surface area contributed by atoms with E-state index in [1.807, 2.05) is 78.9 Å². The smallest absolute Gasteiger partial charge is 0.331 e. The van der Waals surface area contributed by atoms with Crippen LogP contribution in [0.1, 0.15) is 23.9 Å². The molecule has 1 heterocycles. The lowest BCUT2D eigenvalue weighted by atomic mass is 10.1. The largest absolute Gasteiger partial charge is 0.449 e. The van der Waals surface area contributed by atoms with Gasteiger partial charge in [0.05, 0.1) is 0 Å². The van der Waals surface area contributed by atoms with Gasteiger partial charge < -0.3 is 14.1 Å². The first-order valence-electron chi connectivity index (χ1n) is 10.7. The van der Waals surface area contributed by atoms with Crippen molar-refractivity contribution in [3.63, 3.8) is 0 Å². The quantitative estimate of drug-likeness (QED) is 0.285. The van der Waals surface area contributed by atoms with Crippen molar-refractivity contribution in [3.05, 3.63) is 108 Å². The molecule has 1 atom stereocenters. The molecule has 0 aliphatic heterocycles. The highest BCUT2D eigenvalue weighted by atomic mass is 16.5. The van der Waals surface area contributed by atoms with Gasteiger partial charge in [-0.2, -0.15) is 0 Å². The molecule has 0 N–H and O–H groups in total. The predicted octanol–water partition coefficient (Wildman–Crippen LogP) is 5.00. The Hall–Kier alpha value is -4.19. The minimum Gasteiger partial charge on any atom is -0.449 e. The molecule has 0 saturated carbocycles. The third-order valence-electron chi connectivity index (χ3n) is 5.06. The summed E-state index contributed by atoms with van der Waals surface area (Å²) in [5, 5.41) is 0. The fraction of sp³-hybridized carbons (Fsp3) is 0.148. The number of esters is 1. The molecule has 33 heavy (non-hydrogen) atoms. The maximum atomic E-state index is 13.2. The number of nitrogens with zero attached hydrogens (tertiary/aromatic N) is 2. The van der Waals surface area contributed by atoms with Gasteiger partial charge in [-0.05, 0) is 30.2 Å². The first-order valence-corrected chi connectivity index (χ1v) is 10.7. The Morgan fingerprint density at radius 2 is 1.48 bits per heavy atom. The van der Waals surface area contributed by atoms with E-state index in [1.165, 1.54) is 12.2 Å². The van der Waals surface area contributed by atoms with Crippen LogP contribution in [0.15, 0.2) is 95.4 Å². The number of hydrogen-bond donors (Lipinski definition) is 0. The average Bonchev–Trinajstić information content (AvgIpc) is 3.26. The Morgan fingerprint density at radius 1 is 0.909 bits per heavy atom. The normalized spacial score (nSPS) is 12.0. The third kappa shape index (κ3) is 5.95. The first-order chi connectivity index (χ1) is 16.1. The van der Waals surface area contributed by atoms with Crippen LogP contribution in [-0.4, -0.2) is 27.9 Å². The molecular formula is C27H24N2O4. The zero-order chi connectivity index (χ0) is 23.0. The number of amides is 1. The lowest BCUT2D eigenvalue weighted by Gasteiger charge is -2.26. The average molecular weight is 440 g/mol. The van der Waals surface area contributed by atoms with E-state index in [4.69, 9.17) is 9.15 Å². The number of benzene rings is 3. The maximum absolute atomic E-state index is 13.2. The first kappa shape index (κ1) is 22.0. The molecule has 0 fully saturated rings. The summed E-state index contributed by atoms with van der Waals surface area (Å²) in [5.74, 6) is -0.620. The van der Waals surface area contributed by atoms with Crippen molar-refractivity contribution >= 4 is 29.1 Å². The molecule has 0 saturated heterocycles. The second kappa shape index (κ2) is 10.4. The van der Waals surface area contributed by atoms with Crippen LogP contribution in [0.25, 0.3) is 17.2 Å². The molecule has 0 bridgehead atoms. The summed E-state index contributed by atoms with van der Waals surface area (Å²) in [6, 6.07) is 26.8. The van der Waals surface area contributed by atoms with Crippen LogP contribution in [0, 0.1) is 0 Å². The molecule has 1 amide bonds. The predicted molar refractivity (Wildman–Crippen MR) is 126 cm³/mol. The van der Waals surface area contributed by atoms with Crippen LogP contribution >= 0.6 is 0 Å². The zero-order valence-corrected chi connectivity index (χ0v) is 18.3. The van der Waals surface area contributed by atoms with Crippen molar-refractivity contribution in [1.82, 2.24) is 9.88 Å². The summed E-state index contributed by atoms with van der Waals surface area (Å²) >= 11 is 0. The van der Waals surface area contributed by atoms with E-state index < -0.39 is 12.1 Å². The highest BCUT2D eigenvalue weighted by Gasteiger charge is 2.24. The van der Waals surface area contributed by atoms with E-state index in [9.17, 15) is 9.59 Å². The third-order valence-corrected chi connectivity index (χ3v) is 5.06. The molecule has 0 aliphatic carbocycles. The van der Waals surface area contributed by atoms with Crippen LogP contribution in [0.2, 0.25) is 0 Å². The van der Waals surface area contributed by atoms with Gasteiger partial charge in [0, 0.05) is 25.2 Å². The SMILES string of the molecule is CC(OC(=O)/C=C/c1nc2ccccc2o1)C(=O)N(Cc1ccccc1)Cc1ccccc1. The van der Waals surface area contributed by atoms with E-state index in [-0.39, 0.29) is 5.91 Å². The van der Waals surface area contributed by atoms with Crippen molar-refractivity contribution in [3.8, 4) is 0 Å². The monoisotopic (exact) mass is 440 g/mol. The van der Waals surface area contributed by atoms with E-state index in [0.29, 0.717) is 30.1 Å². The fourth-order valence-electron chi connectivity index (χ4n) is 3.44. The lowest BCUT2D eigenvalue weighted by Crippen LogP contribution is -2.39. The van der Waals surface area contributed by atoms with E-state index in [1.54, 1.807) is 17.9 Å². The Labute approximate surface area is 192 Å². The Balaban J connectivity index is 1.42. The number of carbonyl (C=O) groups excluding carboxylic acids is 2. The molecule has 0 radical (unpaired) electrons. The zero-order valence-electron chi connectivity index (χ0n) is 18.3. The van der Waals surface area contributed by atoms with Crippen molar-refractivity contribution < 1.29 is 18.7 Å². The summed E-state index contributed by atoms with van der Waals surface area (Å²) in [4.78, 5) is 31.5. The van der Waals surface area contributed by atoms with Crippen molar-refractivity contribution in [1.29, 1.82) is 0 Å². The molecule has 0 spiro atoms. The summed E-state index contributed by atoms with van der Waals surface area (Å²) in [6.07, 6.45) is 1.71.